The first kappa shape index (κ1) is 15.7. The van der Waals surface area contributed by atoms with E-state index < -0.39 is 15.8 Å². The highest BCUT2D eigenvalue weighted by Crippen LogP contribution is 2.31. The summed E-state index contributed by atoms with van der Waals surface area (Å²) in [4.78, 5) is 9.46. The van der Waals surface area contributed by atoms with Crippen LogP contribution in [-0.4, -0.2) is 53.5 Å². The Balaban J connectivity index is 1.67. The molecule has 0 radical (unpaired) electrons. The largest absolute Gasteiger partial charge is 0.353 e. The van der Waals surface area contributed by atoms with Gasteiger partial charge in [-0.1, -0.05) is 0 Å². The van der Waals surface area contributed by atoms with Gasteiger partial charge in [-0.05, 0) is 12.5 Å². The quantitative estimate of drug-likeness (QED) is 0.697. The molecule has 0 amide bonds. The lowest BCUT2D eigenvalue weighted by Gasteiger charge is -2.19. The van der Waals surface area contributed by atoms with Crippen molar-refractivity contribution in [3.05, 3.63) is 24.7 Å². The standard InChI is InChI=1S/C15H15N7O2S/c16-3-6-25(23,24)21-11-2-5-22(9-11)15-13-10(8-19-20-15)7-18-14-12(13)1-4-17-14/h1,4,7-8,11,21H,2,5-6,9H2,(H,17,18). The molecule has 1 unspecified atom stereocenters. The summed E-state index contributed by atoms with van der Waals surface area (Å²) in [5, 5.41) is 19.7. The fourth-order valence-electron chi connectivity index (χ4n) is 3.22. The number of hydrogen-bond donors (Lipinski definition) is 2. The van der Waals surface area contributed by atoms with Crippen molar-refractivity contribution < 1.29 is 8.42 Å². The molecule has 4 heterocycles. The van der Waals surface area contributed by atoms with Crippen molar-refractivity contribution in [2.45, 2.75) is 12.5 Å². The molecular formula is C15H15N7O2S. The van der Waals surface area contributed by atoms with Crippen LogP contribution in [-0.2, 0) is 10.0 Å². The molecule has 0 spiro atoms. The number of aromatic nitrogens is 4. The Morgan fingerprint density at radius 2 is 2.32 bits per heavy atom. The summed E-state index contributed by atoms with van der Waals surface area (Å²) in [7, 11) is -3.58. The number of sulfonamides is 1. The first-order chi connectivity index (χ1) is 12.1. The van der Waals surface area contributed by atoms with Crippen LogP contribution in [0.2, 0.25) is 0 Å². The van der Waals surface area contributed by atoms with Crippen LogP contribution in [0.1, 0.15) is 6.42 Å². The lowest BCUT2D eigenvalue weighted by atomic mass is 10.1. The Labute approximate surface area is 143 Å². The van der Waals surface area contributed by atoms with E-state index in [1.54, 1.807) is 18.5 Å². The third-order valence-corrected chi connectivity index (χ3v) is 5.48. The van der Waals surface area contributed by atoms with E-state index in [-0.39, 0.29) is 6.04 Å². The van der Waals surface area contributed by atoms with Gasteiger partial charge in [0, 0.05) is 47.7 Å². The number of nitrogens with zero attached hydrogens (tertiary/aromatic N) is 5. The molecule has 1 fully saturated rings. The van der Waals surface area contributed by atoms with E-state index in [4.69, 9.17) is 5.26 Å². The van der Waals surface area contributed by atoms with Gasteiger partial charge in [-0.25, -0.2) is 18.1 Å². The van der Waals surface area contributed by atoms with Gasteiger partial charge in [0.1, 0.15) is 5.65 Å². The number of pyridine rings is 1. The van der Waals surface area contributed by atoms with Crippen molar-refractivity contribution in [2.24, 2.45) is 0 Å². The van der Waals surface area contributed by atoms with Crippen molar-refractivity contribution >= 4 is 37.6 Å². The monoisotopic (exact) mass is 357 g/mol. The second kappa shape index (κ2) is 5.94. The molecule has 0 aliphatic carbocycles. The Hall–Kier alpha value is -2.77. The lowest BCUT2D eigenvalue weighted by molar-refractivity contribution is 0.564. The van der Waals surface area contributed by atoms with E-state index in [9.17, 15) is 8.42 Å². The molecule has 9 nitrogen and oxygen atoms in total. The molecule has 0 saturated carbocycles. The number of nitriles is 1. The molecule has 10 heteroatoms. The van der Waals surface area contributed by atoms with Crippen molar-refractivity contribution in [1.29, 1.82) is 5.26 Å². The number of rotatable bonds is 4. The van der Waals surface area contributed by atoms with Gasteiger partial charge in [0.25, 0.3) is 0 Å². The molecule has 4 rings (SSSR count). The third-order valence-electron chi connectivity index (χ3n) is 4.28. The number of fused-ring (bicyclic) bond motifs is 3. The predicted molar refractivity (Wildman–Crippen MR) is 92.3 cm³/mol. The molecule has 128 valence electrons. The molecule has 1 saturated heterocycles. The Morgan fingerprint density at radius 1 is 1.44 bits per heavy atom. The molecule has 1 atom stereocenters. The van der Waals surface area contributed by atoms with Crippen molar-refractivity contribution in [3.63, 3.8) is 0 Å². The number of hydrogen-bond acceptors (Lipinski definition) is 7. The molecule has 3 aromatic heterocycles. The lowest BCUT2D eigenvalue weighted by Crippen LogP contribution is -2.38. The van der Waals surface area contributed by atoms with Crippen LogP contribution in [0, 0.1) is 11.3 Å². The molecule has 25 heavy (non-hydrogen) atoms. The van der Waals surface area contributed by atoms with Crippen LogP contribution in [0.25, 0.3) is 21.8 Å². The summed E-state index contributed by atoms with van der Waals surface area (Å²) < 4.78 is 26.2. The summed E-state index contributed by atoms with van der Waals surface area (Å²) in [6.45, 7) is 1.13. The van der Waals surface area contributed by atoms with Crippen LogP contribution in [0.5, 0.6) is 0 Å². The normalized spacial score (nSPS) is 18.0. The molecule has 1 aliphatic heterocycles. The smallest absolute Gasteiger partial charge is 0.225 e. The van der Waals surface area contributed by atoms with E-state index in [2.05, 4.69) is 24.9 Å². The van der Waals surface area contributed by atoms with Gasteiger partial charge in [0.2, 0.25) is 10.0 Å². The SMILES string of the molecule is N#CCS(=O)(=O)NC1CCN(c2nncc3cnc4[nH]ccc4c23)C1. The van der Waals surface area contributed by atoms with E-state index in [1.165, 1.54) is 0 Å². The summed E-state index contributed by atoms with van der Waals surface area (Å²) >= 11 is 0. The summed E-state index contributed by atoms with van der Waals surface area (Å²) in [5.41, 5.74) is 0.771. The van der Waals surface area contributed by atoms with E-state index >= 15 is 0 Å². The Kier molecular flexibility index (Phi) is 3.74. The molecule has 0 bridgehead atoms. The second-order valence-corrected chi connectivity index (χ2v) is 7.72. The number of aromatic amines is 1. The molecule has 1 aliphatic rings. The van der Waals surface area contributed by atoms with Gasteiger partial charge in [-0.15, -0.1) is 5.10 Å². The minimum Gasteiger partial charge on any atom is -0.353 e. The maximum Gasteiger partial charge on any atom is 0.225 e. The molecule has 0 aromatic carbocycles. The minimum atomic E-state index is -3.58. The van der Waals surface area contributed by atoms with Gasteiger partial charge >= 0.3 is 0 Å². The third kappa shape index (κ3) is 2.88. The first-order valence-corrected chi connectivity index (χ1v) is 9.42. The van der Waals surface area contributed by atoms with Crippen LogP contribution < -0.4 is 9.62 Å². The van der Waals surface area contributed by atoms with Gasteiger partial charge in [0.05, 0.1) is 12.3 Å². The Morgan fingerprint density at radius 3 is 3.16 bits per heavy atom. The minimum absolute atomic E-state index is 0.251. The van der Waals surface area contributed by atoms with Gasteiger partial charge in [-0.3, -0.25) is 0 Å². The average molecular weight is 357 g/mol. The van der Waals surface area contributed by atoms with E-state index in [1.807, 2.05) is 17.2 Å². The zero-order chi connectivity index (χ0) is 17.4. The topological polar surface area (TPSA) is 128 Å². The highest BCUT2D eigenvalue weighted by molar-refractivity contribution is 7.89. The van der Waals surface area contributed by atoms with E-state index in [0.717, 1.165) is 21.8 Å². The number of nitrogens with one attached hydrogen (secondary N) is 2. The summed E-state index contributed by atoms with van der Waals surface area (Å²) in [6.07, 6.45) is 5.88. The first-order valence-electron chi connectivity index (χ1n) is 7.77. The summed E-state index contributed by atoms with van der Waals surface area (Å²) in [5.74, 6) is 0.180. The zero-order valence-corrected chi connectivity index (χ0v) is 14.0. The highest BCUT2D eigenvalue weighted by Gasteiger charge is 2.28. The van der Waals surface area contributed by atoms with Crippen LogP contribution >= 0.6 is 0 Å². The fraction of sp³-hybridized carbons (Fsp3) is 0.333. The maximum absolute atomic E-state index is 11.8. The highest BCUT2D eigenvalue weighted by atomic mass is 32.2. The average Bonchev–Trinajstić information content (AvgIpc) is 3.22. The zero-order valence-electron chi connectivity index (χ0n) is 13.2. The maximum atomic E-state index is 11.8. The van der Waals surface area contributed by atoms with Crippen LogP contribution in [0.15, 0.2) is 24.7 Å². The van der Waals surface area contributed by atoms with Gasteiger partial charge in [-0.2, -0.15) is 10.4 Å². The second-order valence-electron chi connectivity index (χ2n) is 5.96. The van der Waals surface area contributed by atoms with E-state index in [0.29, 0.717) is 25.3 Å². The molecule has 3 aromatic rings. The molecule has 2 N–H and O–H groups in total. The molecular weight excluding hydrogens is 342 g/mol. The number of anilines is 1. The van der Waals surface area contributed by atoms with Crippen molar-refractivity contribution in [2.75, 3.05) is 23.7 Å². The fourth-order valence-corrected chi connectivity index (χ4v) is 4.17. The Bertz CT molecular complexity index is 1090. The summed E-state index contributed by atoms with van der Waals surface area (Å²) in [6, 6.07) is 3.36. The van der Waals surface area contributed by atoms with Crippen LogP contribution in [0.4, 0.5) is 5.82 Å². The van der Waals surface area contributed by atoms with Crippen molar-refractivity contribution in [3.8, 4) is 6.07 Å². The van der Waals surface area contributed by atoms with Gasteiger partial charge < -0.3 is 9.88 Å². The van der Waals surface area contributed by atoms with Gasteiger partial charge in [0.15, 0.2) is 11.6 Å². The van der Waals surface area contributed by atoms with Crippen molar-refractivity contribution in [1.82, 2.24) is 24.9 Å². The predicted octanol–water partition coefficient (Wildman–Crippen LogP) is 0.528. The number of H-pyrrole nitrogens is 1. The van der Waals surface area contributed by atoms with Crippen LogP contribution in [0.3, 0.4) is 0 Å².